The Hall–Kier alpha value is -1.88. The van der Waals surface area contributed by atoms with Crippen LogP contribution >= 0.6 is 0 Å². The standard InChI is InChI=1S/C15H21N3O2/c1-11(17(2)3)8-9-18-10-16-12-6-5-7-13(20-4)14(12)15(18)19/h5-7,10-11H,8-9H2,1-4H3/t11-/m1/s1. The molecule has 0 fully saturated rings. The van der Waals surface area contributed by atoms with E-state index in [0.29, 0.717) is 29.2 Å². The molecule has 0 N–H and O–H groups in total. The maximum atomic E-state index is 12.5. The van der Waals surface area contributed by atoms with E-state index in [1.165, 1.54) is 0 Å². The van der Waals surface area contributed by atoms with Crippen molar-refractivity contribution in [2.24, 2.45) is 0 Å². The van der Waals surface area contributed by atoms with Crippen LogP contribution in [0.4, 0.5) is 0 Å². The molecule has 0 spiro atoms. The molecule has 0 aliphatic heterocycles. The summed E-state index contributed by atoms with van der Waals surface area (Å²) in [7, 11) is 5.64. The number of aryl methyl sites for hydroxylation is 1. The number of ether oxygens (including phenoxy) is 1. The van der Waals surface area contributed by atoms with Gasteiger partial charge in [0.25, 0.3) is 5.56 Å². The van der Waals surface area contributed by atoms with Gasteiger partial charge in [0.2, 0.25) is 0 Å². The van der Waals surface area contributed by atoms with Gasteiger partial charge in [-0.1, -0.05) is 6.07 Å². The van der Waals surface area contributed by atoms with E-state index in [2.05, 4.69) is 16.8 Å². The van der Waals surface area contributed by atoms with Crippen LogP contribution in [0.2, 0.25) is 0 Å². The summed E-state index contributed by atoms with van der Waals surface area (Å²) in [5, 5.41) is 0.551. The molecule has 1 aromatic heterocycles. The number of hydrogen-bond donors (Lipinski definition) is 0. The zero-order chi connectivity index (χ0) is 14.7. The number of hydrogen-bond acceptors (Lipinski definition) is 4. The minimum absolute atomic E-state index is 0.0431. The summed E-state index contributed by atoms with van der Waals surface area (Å²) >= 11 is 0. The lowest BCUT2D eigenvalue weighted by Gasteiger charge is -2.19. The number of methoxy groups -OCH3 is 1. The SMILES string of the molecule is COc1cccc2ncn(CC[C@@H](C)N(C)C)c(=O)c12. The van der Waals surface area contributed by atoms with Crippen molar-refractivity contribution in [1.29, 1.82) is 0 Å². The van der Waals surface area contributed by atoms with Crippen LogP contribution in [0.3, 0.4) is 0 Å². The molecule has 0 radical (unpaired) electrons. The van der Waals surface area contributed by atoms with Crippen LogP contribution in [0.15, 0.2) is 29.3 Å². The molecule has 2 aromatic rings. The summed E-state index contributed by atoms with van der Waals surface area (Å²) in [5.74, 6) is 0.579. The average molecular weight is 275 g/mol. The first-order valence-electron chi connectivity index (χ1n) is 6.73. The molecule has 20 heavy (non-hydrogen) atoms. The van der Waals surface area contributed by atoms with Crippen LogP contribution < -0.4 is 10.3 Å². The highest BCUT2D eigenvalue weighted by Crippen LogP contribution is 2.19. The summed E-state index contributed by atoms with van der Waals surface area (Å²) in [6.45, 7) is 2.79. The van der Waals surface area contributed by atoms with Crippen molar-refractivity contribution in [2.45, 2.75) is 25.9 Å². The van der Waals surface area contributed by atoms with Crippen LogP contribution in [0.1, 0.15) is 13.3 Å². The zero-order valence-electron chi connectivity index (χ0n) is 12.5. The number of fused-ring (bicyclic) bond motifs is 1. The van der Waals surface area contributed by atoms with E-state index in [0.717, 1.165) is 6.42 Å². The molecule has 0 amide bonds. The number of aromatic nitrogens is 2. The third-order valence-corrected chi connectivity index (χ3v) is 3.70. The van der Waals surface area contributed by atoms with Crippen molar-refractivity contribution < 1.29 is 4.74 Å². The highest BCUT2D eigenvalue weighted by molar-refractivity contribution is 5.83. The first-order valence-corrected chi connectivity index (χ1v) is 6.73. The van der Waals surface area contributed by atoms with E-state index >= 15 is 0 Å². The Morgan fingerprint density at radius 2 is 2.15 bits per heavy atom. The van der Waals surface area contributed by atoms with E-state index in [1.807, 2.05) is 26.2 Å². The van der Waals surface area contributed by atoms with Gasteiger partial charge in [0.1, 0.15) is 11.1 Å². The Morgan fingerprint density at radius 3 is 2.80 bits per heavy atom. The maximum Gasteiger partial charge on any atom is 0.264 e. The molecule has 0 aliphatic carbocycles. The quantitative estimate of drug-likeness (QED) is 0.834. The third kappa shape index (κ3) is 2.82. The second-order valence-corrected chi connectivity index (χ2v) is 5.20. The molecular formula is C15H21N3O2. The van der Waals surface area contributed by atoms with Gasteiger partial charge in [-0.3, -0.25) is 9.36 Å². The topological polar surface area (TPSA) is 47.4 Å². The highest BCUT2D eigenvalue weighted by atomic mass is 16.5. The van der Waals surface area contributed by atoms with Crippen molar-refractivity contribution in [2.75, 3.05) is 21.2 Å². The lowest BCUT2D eigenvalue weighted by molar-refractivity contribution is 0.287. The number of benzene rings is 1. The summed E-state index contributed by atoms with van der Waals surface area (Å²) in [4.78, 5) is 19.0. The fourth-order valence-corrected chi connectivity index (χ4v) is 2.08. The molecule has 1 atom stereocenters. The Labute approximate surface area is 118 Å². The van der Waals surface area contributed by atoms with E-state index in [9.17, 15) is 4.79 Å². The smallest absolute Gasteiger partial charge is 0.264 e. The van der Waals surface area contributed by atoms with Crippen LogP contribution in [0.5, 0.6) is 5.75 Å². The molecule has 0 unspecified atom stereocenters. The minimum Gasteiger partial charge on any atom is -0.496 e. The second-order valence-electron chi connectivity index (χ2n) is 5.20. The normalized spacial score (nSPS) is 12.8. The van der Waals surface area contributed by atoms with E-state index in [1.54, 1.807) is 24.1 Å². The first-order chi connectivity index (χ1) is 9.54. The number of nitrogens with zero attached hydrogens (tertiary/aromatic N) is 3. The largest absolute Gasteiger partial charge is 0.496 e. The summed E-state index contributed by atoms with van der Waals surface area (Å²) in [5.41, 5.74) is 0.629. The molecule has 0 saturated carbocycles. The van der Waals surface area contributed by atoms with Crippen LogP contribution in [-0.2, 0) is 6.54 Å². The van der Waals surface area contributed by atoms with Gasteiger partial charge in [0, 0.05) is 12.6 Å². The number of rotatable bonds is 5. The summed E-state index contributed by atoms with van der Waals surface area (Å²) in [6, 6.07) is 5.87. The van der Waals surface area contributed by atoms with E-state index < -0.39 is 0 Å². The average Bonchev–Trinajstić information content (AvgIpc) is 2.45. The fraction of sp³-hybridized carbons (Fsp3) is 0.467. The molecule has 0 bridgehead atoms. The Morgan fingerprint density at radius 1 is 1.40 bits per heavy atom. The van der Waals surface area contributed by atoms with Gasteiger partial charge in [-0.05, 0) is 39.6 Å². The van der Waals surface area contributed by atoms with Gasteiger partial charge in [0.15, 0.2) is 0 Å². The molecule has 1 aromatic carbocycles. The Kier molecular flexibility index (Phi) is 4.39. The Balaban J connectivity index is 2.36. The lowest BCUT2D eigenvalue weighted by Crippen LogP contribution is -2.28. The van der Waals surface area contributed by atoms with Crippen molar-refractivity contribution in [3.05, 3.63) is 34.9 Å². The molecule has 5 heteroatoms. The zero-order valence-corrected chi connectivity index (χ0v) is 12.5. The van der Waals surface area contributed by atoms with Gasteiger partial charge >= 0.3 is 0 Å². The molecule has 0 saturated heterocycles. The van der Waals surface area contributed by atoms with E-state index in [-0.39, 0.29) is 5.56 Å². The molecule has 2 rings (SSSR count). The third-order valence-electron chi connectivity index (χ3n) is 3.70. The van der Waals surface area contributed by atoms with Gasteiger partial charge < -0.3 is 9.64 Å². The molecular weight excluding hydrogens is 254 g/mol. The molecule has 5 nitrogen and oxygen atoms in total. The van der Waals surface area contributed by atoms with Gasteiger partial charge in [-0.2, -0.15) is 0 Å². The summed E-state index contributed by atoms with van der Waals surface area (Å²) < 4.78 is 6.92. The van der Waals surface area contributed by atoms with Crippen molar-refractivity contribution in [1.82, 2.24) is 14.5 Å². The van der Waals surface area contributed by atoms with E-state index in [4.69, 9.17) is 4.74 Å². The highest BCUT2D eigenvalue weighted by Gasteiger charge is 2.10. The fourth-order valence-electron chi connectivity index (χ4n) is 2.08. The monoisotopic (exact) mass is 275 g/mol. The van der Waals surface area contributed by atoms with Crippen molar-refractivity contribution in [3.8, 4) is 5.75 Å². The molecule has 108 valence electrons. The lowest BCUT2D eigenvalue weighted by atomic mass is 10.2. The van der Waals surface area contributed by atoms with Crippen LogP contribution in [0, 0.1) is 0 Å². The Bertz CT molecular complexity index is 649. The predicted molar refractivity (Wildman–Crippen MR) is 80.3 cm³/mol. The van der Waals surface area contributed by atoms with Gasteiger partial charge in [-0.25, -0.2) is 4.98 Å². The van der Waals surface area contributed by atoms with Gasteiger partial charge in [-0.15, -0.1) is 0 Å². The molecule has 1 heterocycles. The predicted octanol–water partition coefficient (Wildman–Crippen LogP) is 1.75. The maximum absolute atomic E-state index is 12.5. The van der Waals surface area contributed by atoms with Crippen molar-refractivity contribution in [3.63, 3.8) is 0 Å². The second kappa shape index (κ2) is 6.05. The molecule has 0 aliphatic rings. The first kappa shape index (κ1) is 14.5. The summed E-state index contributed by atoms with van der Waals surface area (Å²) in [6.07, 6.45) is 2.52. The minimum atomic E-state index is -0.0431. The van der Waals surface area contributed by atoms with Crippen LogP contribution in [-0.4, -0.2) is 41.7 Å². The van der Waals surface area contributed by atoms with Crippen molar-refractivity contribution >= 4 is 10.9 Å². The van der Waals surface area contributed by atoms with Gasteiger partial charge in [0.05, 0.1) is 19.0 Å². The van der Waals surface area contributed by atoms with Crippen LogP contribution in [0.25, 0.3) is 10.9 Å².